The molecule has 20 heavy (non-hydrogen) atoms. The van der Waals surface area contributed by atoms with Crippen molar-refractivity contribution in [1.82, 2.24) is 5.32 Å². The molecular weight excluding hydrogens is 274 g/mol. The molecular formula is C15H23NO3S. The molecule has 2 atom stereocenters. The number of rotatable bonds is 6. The van der Waals surface area contributed by atoms with Crippen LogP contribution >= 0.6 is 0 Å². The third-order valence-corrected chi connectivity index (χ3v) is 5.37. The van der Waals surface area contributed by atoms with Crippen LogP contribution in [0.1, 0.15) is 38.3 Å². The van der Waals surface area contributed by atoms with Gasteiger partial charge in [0.1, 0.15) is 11.9 Å². The molecule has 1 saturated heterocycles. The van der Waals surface area contributed by atoms with Gasteiger partial charge in [0.05, 0.1) is 11.5 Å². The highest BCUT2D eigenvalue weighted by Crippen LogP contribution is 2.23. The minimum atomic E-state index is -2.88. The molecule has 5 heteroatoms. The Bertz CT molecular complexity index is 525. The molecule has 0 spiro atoms. The van der Waals surface area contributed by atoms with Crippen molar-refractivity contribution in [3.05, 3.63) is 29.8 Å². The molecule has 1 aromatic rings. The summed E-state index contributed by atoms with van der Waals surface area (Å²) < 4.78 is 28.5. The normalized spacial score (nSPS) is 22.6. The minimum Gasteiger partial charge on any atom is -0.489 e. The standard InChI is InChI=1S/C15H23NO3S/c1-3-15(16-4-2)12-5-7-13(8-6-12)19-14-9-10-20(17,18)11-14/h5-8,14-16H,3-4,9-11H2,1-2H3. The third-order valence-electron chi connectivity index (χ3n) is 3.63. The largest absolute Gasteiger partial charge is 0.489 e. The quantitative estimate of drug-likeness (QED) is 0.875. The lowest BCUT2D eigenvalue weighted by atomic mass is 10.0. The van der Waals surface area contributed by atoms with E-state index < -0.39 is 9.84 Å². The van der Waals surface area contributed by atoms with Crippen molar-refractivity contribution in [1.29, 1.82) is 0 Å². The topological polar surface area (TPSA) is 55.4 Å². The molecule has 0 aromatic heterocycles. The molecule has 0 amide bonds. The zero-order valence-electron chi connectivity index (χ0n) is 12.1. The maximum absolute atomic E-state index is 11.4. The highest BCUT2D eigenvalue weighted by Gasteiger charge is 2.29. The number of benzene rings is 1. The van der Waals surface area contributed by atoms with E-state index in [0.29, 0.717) is 12.5 Å². The molecule has 112 valence electrons. The van der Waals surface area contributed by atoms with Gasteiger partial charge in [-0.05, 0) is 37.1 Å². The van der Waals surface area contributed by atoms with Gasteiger partial charge in [0.2, 0.25) is 0 Å². The molecule has 1 heterocycles. The summed E-state index contributed by atoms with van der Waals surface area (Å²) >= 11 is 0. The average molecular weight is 297 g/mol. The summed E-state index contributed by atoms with van der Waals surface area (Å²) in [6.07, 6.45) is 1.44. The maximum Gasteiger partial charge on any atom is 0.154 e. The molecule has 1 fully saturated rings. The fraction of sp³-hybridized carbons (Fsp3) is 0.600. The summed E-state index contributed by atoms with van der Waals surface area (Å²) in [4.78, 5) is 0. The first-order chi connectivity index (χ1) is 9.54. The van der Waals surface area contributed by atoms with E-state index in [2.05, 4.69) is 31.3 Å². The Kier molecular flexibility index (Phi) is 5.05. The molecule has 0 radical (unpaired) electrons. The Morgan fingerprint density at radius 3 is 2.50 bits per heavy atom. The maximum atomic E-state index is 11.4. The van der Waals surface area contributed by atoms with Crippen LogP contribution in [0.5, 0.6) is 5.75 Å². The van der Waals surface area contributed by atoms with Gasteiger partial charge >= 0.3 is 0 Å². The molecule has 1 aliphatic rings. The highest BCUT2D eigenvalue weighted by molar-refractivity contribution is 7.91. The predicted octanol–water partition coefficient (Wildman–Crippen LogP) is 2.31. The lowest BCUT2D eigenvalue weighted by molar-refractivity contribution is 0.229. The Morgan fingerprint density at radius 2 is 2.00 bits per heavy atom. The lowest BCUT2D eigenvalue weighted by Crippen LogP contribution is -2.20. The van der Waals surface area contributed by atoms with Gasteiger partial charge in [-0.15, -0.1) is 0 Å². The second-order valence-corrected chi connectivity index (χ2v) is 7.46. The Balaban J connectivity index is 1.98. The molecule has 1 N–H and O–H groups in total. The zero-order valence-corrected chi connectivity index (χ0v) is 12.9. The van der Waals surface area contributed by atoms with E-state index in [4.69, 9.17) is 4.74 Å². The van der Waals surface area contributed by atoms with Crippen molar-refractivity contribution in [3.63, 3.8) is 0 Å². The van der Waals surface area contributed by atoms with E-state index in [0.717, 1.165) is 18.7 Å². The number of ether oxygens (including phenoxy) is 1. The summed E-state index contributed by atoms with van der Waals surface area (Å²) in [5.41, 5.74) is 1.24. The summed E-state index contributed by atoms with van der Waals surface area (Å²) in [5.74, 6) is 1.14. The first-order valence-corrected chi connectivity index (χ1v) is 9.06. The van der Waals surface area contributed by atoms with Crippen molar-refractivity contribution in [2.75, 3.05) is 18.1 Å². The van der Waals surface area contributed by atoms with E-state index in [-0.39, 0.29) is 17.6 Å². The summed E-state index contributed by atoms with van der Waals surface area (Å²) in [5, 5.41) is 3.43. The van der Waals surface area contributed by atoms with Gasteiger partial charge < -0.3 is 10.1 Å². The van der Waals surface area contributed by atoms with Gasteiger partial charge in [0.15, 0.2) is 9.84 Å². The zero-order chi connectivity index (χ0) is 14.6. The molecule has 1 aliphatic heterocycles. The van der Waals surface area contributed by atoms with Crippen LogP contribution in [0, 0.1) is 0 Å². The summed E-state index contributed by atoms with van der Waals surface area (Å²) in [6.45, 7) is 5.19. The average Bonchev–Trinajstić information content (AvgIpc) is 2.76. The molecule has 2 unspecified atom stereocenters. The van der Waals surface area contributed by atoms with Crippen molar-refractivity contribution >= 4 is 9.84 Å². The Hall–Kier alpha value is -1.07. The molecule has 0 bridgehead atoms. The van der Waals surface area contributed by atoms with Crippen LogP contribution in [0.2, 0.25) is 0 Å². The van der Waals surface area contributed by atoms with Crippen molar-refractivity contribution < 1.29 is 13.2 Å². The van der Waals surface area contributed by atoms with Gasteiger partial charge in [-0.1, -0.05) is 26.0 Å². The predicted molar refractivity (Wildman–Crippen MR) is 80.8 cm³/mol. The van der Waals surface area contributed by atoms with Crippen LogP contribution in [-0.4, -0.2) is 32.6 Å². The van der Waals surface area contributed by atoms with Crippen LogP contribution in [0.25, 0.3) is 0 Å². The van der Waals surface area contributed by atoms with Gasteiger partial charge in [-0.3, -0.25) is 0 Å². The molecule has 1 aromatic carbocycles. The third kappa shape index (κ3) is 3.96. The van der Waals surface area contributed by atoms with Gasteiger partial charge in [0.25, 0.3) is 0 Å². The number of nitrogens with one attached hydrogen (secondary N) is 1. The van der Waals surface area contributed by atoms with Gasteiger partial charge in [-0.25, -0.2) is 8.42 Å². The Morgan fingerprint density at radius 1 is 1.30 bits per heavy atom. The van der Waals surface area contributed by atoms with E-state index >= 15 is 0 Å². The fourth-order valence-electron chi connectivity index (χ4n) is 2.57. The molecule has 0 saturated carbocycles. The highest BCUT2D eigenvalue weighted by atomic mass is 32.2. The van der Waals surface area contributed by atoms with Crippen molar-refractivity contribution in [2.24, 2.45) is 0 Å². The number of hydrogen-bond acceptors (Lipinski definition) is 4. The van der Waals surface area contributed by atoms with Crippen LogP contribution in [0.4, 0.5) is 0 Å². The second kappa shape index (κ2) is 6.59. The van der Waals surface area contributed by atoms with E-state index in [1.165, 1.54) is 5.56 Å². The number of hydrogen-bond donors (Lipinski definition) is 1. The van der Waals surface area contributed by atoms with Crippen LogP contribution in [-0.2, 0) is 9.84 Å². The SMILES string of the molecule is CCNC(CC)c1ccc(OC2CCS(=O)(=O)C2)cc1. The lowest BCUT2D eigenvalue weighted by Gasteiger charge is -2.17. The van der Waals surface area contributed by atoms with E-state index in [1.54, 1.807) is 0 Å². The van der Waals surface area contributed by atoms with Crippen LogP contribution in [0.3, 0.4) is 0 Å². The van der Waals surface area contributed by atoms with Crippen molar-refractivity contribution in [2.45, 2.75) is 38.8 Å². The first kappa shape index (κ1) is 15.3. The summed E-state index contributed by atoms with van der Waals surface area (Å²) in [6, 6.07) is 8.33. The second-order valence-electron chi connectivity index (χ2n) is 5.23. The van der Waals surface area contributed by atoms with E-state index in [9.17, 15) is 8.42 Å². The van der Waals surface area contributed by atoms with E-state index in [1.807, 2.05) is 12.1 Å². The Labute approximate surface area is 121 Å². The van der Waals surface area contributed by atoms with Crippen LogP contribution < -0.4 is 10.1 Å². The molecule has 4 nitrogen and oxygen atoms in total. The summed E-state index contributed by atoms with van der Waals surface area (Å²) in [7, 11) is -2.88. The minimum absolute atomic E-state index is 0.143. The fourth-order valence-corrected chi connectivity index (χ4v) is 4.16. The smallest absolute Gasteiger partial charge is 0.154 e. The van der Waals surface area contributed by atoms with Crippen LogP contribution in [0.15, 0.2) is 24.3 Å². The van der Waals surface area contributed by atoms with Crippen molar-refractivity contribution in [3.8, 4) is 5.75 Å². The molecule has 2 rings (SSSR count). The van der Waals surface area contributed by atoms with Gasteiger partial charge in [-0.2, -0.15) is 0 Å². The number of sulfone groups is 1. The molecule has 0 aliphatic carbocycles. The first-order valence-electron chi connectivity index (χ1n) is 7.24. The van der Waals surface area contributed by atoms with Gasteiger partial charge in [0, 0.05) is 6.04 Å². The monoisotopic (exact) mass is 297 g/mol.